The van der Waals surface area contributed by atoms with Gasteiger partial charge in [0.15, 0.2) is 0 Å². The number of nitriles is 2. The maximum absolute atomic E-state index is 8.39. The van der Waals surface area contributed by atoms with Gasteiger partial charge in [-0.2, -0.15) is 10.5 Å². The number of thiophene rings is 1. The number of nitrogen functional groups attached to an aromatic ring is 1. The van der Waals surface area contributed by atoms with Crippen LogP contribution in [0.15, 0.2) is 6.07 Å². The van der Waals surface area contributed by atoms with Crippen LogP contribution in [0, 0.1) is 22.7 Å². The minimum atomic E-state index is 0.390. The van der Waals surface area contributed by atoms with E-state index < -0.39 is 0 Å². The van der Waals surface area contributed by atoms with Gasteiger partial charge < -0.3 is 5.73 Å². The molecule has 4 heteroatoms. The molecule has 0 bridgehead atoms. The second-order valence-electron chi connectivity index (χ2n) is 1.61. The van der Waals surface area contributed by atoms with E-state index in [4.69, 9.17) is 16.3 Å². The first-order chi connectivity index (χ1) is 4.77. The summed E-state index contributed by atoms with van der Waals surface area (Å²) in [6.07, 6.45) is 0. The maximum Gasteiger partial charge on any atom is 0.110 e. The van der Waals surface area contributed by atoms with Gasteiger partial charge in [0.25, 0.3) is 0 Å². The third-order valence-corrected chi connectivity index (χ3v) is 1.86. The molecule has 0 atom stereocenters. The van der Waals surface area contributed by atoms with Crippen LogP contribution in [0.25, 0.3) is 0 Å². The Balaban J connectivity index is 3.23. The van der Waals surface area contributed by atoms with Crippen LogP contribution >= 0.6 is 11.3 Å². The summed E-state index contributed by atoms with van der Waals surface area (Å²) in [6.45, 7) is 0. The topological polar surface area (TPSA) is 73.6 Å². The molecule has 0 aromatic carbocycles. The van der Waals surface area contributed by atoms with E-state index >= 15 is 0 Å². The van der Waals surface area contributed by atoms with Gasteiger partial charge in [-0.25, -0.2) is 0 Å². The van der Waals surface area contributed by atoms with E-state index in [2.05, 4.69) is 0 Å². The molecule has 1 aromatic heterocycles. The van der Waals surface area contributed by atoms with Crippen LogP contribution in [0.3, 0.4) is 0 Å². The molecule has 0 amide bonds. The summed E-state index contributed by atoms with van der Waals surface area (Å²) in [5.41, 5.74) is 5.76. The van der Waals surface area contributed by atoms with E-state index in [1.165, 1.54) is 6.07 Å². The highest BCUT2D eigenvalue weighted by Crippen LogP contribution is 2.22. The van der Waals surface area contributed by atoms with Gasteiger partial charge in [-0.05, 0) is 6.07 Å². The van der Waals surface area contributed by atoms with Crippen LogP contribution in [0.2, 0.25) is 0 Å². The molecule has 0 unspecified atom stereocenters. The molecule has 0 spiro atoms. The molecule has 0 saturated carbocycles. The second-order valence-corrected chi connectivity index (χ2v) is 2.70. The normalized spacial score (nSPS) is 8.20. The summed E-state index contributed by atoms with van der Waals surface area (Å²) < 4.78 is 0. The SMILES string of the molecule is N#Cc1cc(C#N)c(N)s1. The number of anilines is 1. The van der Waals surface area contributed by atoms with Gasteiger partial charge in [0.2, 0.25) is 0 Å². The molecule has 1 aromatic rings. The zero-order valence-corrected chi connectivity index (χ0v) is 5.77. The second kappa shape index (κ2) is 2.38. The molecular weight excluding hydrogens is 146 g/mol. The Hall–Kier alpha value is -1.52. The smallest absolute Gasteiger partial charge is 0.110 e. The van der Waals surface area contributed by atoms with E-state index in [-0.39, 0.29) is 0 Å². The monoisotopic (exact) mass is 149 g/mol. The molecule has 3 nitrogen and oxygen atoms in total. The Kier molecular flexibility index (Phi) is 1.57. The molecule has 1 heterocycles. The van der Waals surface area contributed by atoms with Crippen molar-refractivity contribution in [3.8, 4) is 12.1 Å². The van der Waals surface area contributed by atoms with Gasteiger partial charge in [-0.1, -0.05) is 0 Å². The van der Waals surface area contributed by atoms with Crippen molar-refractivity contribution in [1.82, 2.24) is 0 Å². The van der Waals surface area contributed by atoms with Crippen LogP contribution < -0.4 is 5.73 Å². The minimum absolute atomic E-state index is 0.390. The van der Waals surface area contributed by atoms with Gasteiger partial charge >= 0.3 is 0 Å². The summed E-state index contributed by atoms with van der Waals surface area (Å²) in [5.74, 6) is 0. The van der Waals surface area contributed by atoms with Gasteiger partial charge in [0.05, 0.1) is 5.56 Å². The number of hydrogen-bond donors (Lipinski definition) is 1. The average Bonchev–Trinajstić information content (AvgIpc) is 2.30. The van der Waals surface area contributed by atoms with Gasteiger partial charge in [0, 0.05) is 0 Å². The van der Waals surface area contributed by atoms with E-state index in [1.807, 2.05) is 12.1 Å². The molecule has 0 aliphatic carbocycles. The van der Waals surface area contributed by atoms with Crippen molar-refractivity contribution in [1.29, 1.82) is 10.5 Å². The van der Waals surface area contributed by atoms with Crippen molar-refractivity contribution in [2.24, 2.45) is 0 Å². The molecular formula is C6H3N3S. The standard InChI is InChI=1S/C6H3N3S/c7-2-4-1-5(3-8)10-6(4)9/h1H,9H2. The van der Waals surface area contributed by atoms with E-state index in [9.17, 15) is 0 Å². The molecule has 0 radical (unpaired) electrons. The van der Waals surface area contributed by atoms with Crippen molar-refractivity contribution in [2.45, 2.75) is 0 Å². The summed E-state index contributed by atoms with van der Waals surface area (Å²) in [4.78, 5) is 0.481. The van der Waals surface area contributed by atoms with Crippen molar-refractivity contribution >= 4 is 16.3 Å². The summed E-state index contributed by atoms with van der Waals surface area (Å²) in [5, 5.41) is 17.2. The average molecular weight is 149 g/mol. The van der Waals surface area contributed by atoms with Crippen LogP contribution in [0.4, 0.5) is 5.00 Å². The fourth-order valence-corrected chi connectivity index (χ4v) is 1.22. The molecule has 10 heavy (non-hydrogen) atoms. The first-order valence-corrected chi connectivity index (χ1v) is 3.29. The van der Waals surface area contributed by atoms with Crippen molar-refractivity contribution in [3.63, 3.8) is 0 Å². The first-order valence-electron chi connectivity index (χ1n) is 2.47. The lowest BCUT2D eigenvalue weighted by Crippen LogP contribution is -1.80. The molecule has 2 N–H and O–H groups in total. The Morgan fingerprint density at radius 1 is 1.40 bits per heavy atom. The lowest BCUT2D eigenvalue weighted by molar-refractivity contribution is 1.50. The van der Waals surface area contributed by atoms with Crippen molar-refractivity contribution < 1.29 is 0 Å². The molecule has 0 aliphatic rings. The number of hydrogen-bond acceptors (Lipinski definition) is 4. The maximum atomic E-state index is 8.39. The van der Waals surface area contributed by atoms with Crippen molar-refractivity contribution in [3.05, 3.63) is 16.5 Å². The summed E-state index contributed by atoms with van der Waals surface area (Å²) in [6, 6.07) is 5.28. The zero-order valence-electron chi connectivity index (χ0n) is 4.96. The third-order valence-electron chi connectivity index (χ3n) is 0.991. The summed E-state index contributed by atoms with van der Waals surface area (Å²) in [7, 11) is 0. The van der Waals surface area contributed by atoms with Crippen molar-refractivity contribution in [2.75, 3.05) is 5.73 Å². The molecule has 0 saturated heterocycles. The minimum Gasteiger partial charge on any atom is -0.389 e. The van der Waals surface area contributed by atoms with E-state index in [0.29, 0.717) is 15.4 Å². The highest BCUT2D eigenvalue weighted by molar-refractivity contribution is 7.16. The van der Waals surface area contributed by atoms with Gasteiger partial charge in [0.1, 0.15) is 22.0 Å². The highest BCUT2D eigenvalue weighted by Gasteiger charge is 2.02. The van der Waals surface area contributed by atoms with E-state index in [1.54, 1.807) is 0 Å². The fraction of sp³-hybridized carbons (Fsp3) is 0. The Morgan fingerprint density at radius 3 is 2.40 bits per heavy atom. The Labute approximate surface area is 61.9 Å². The van der Waals surface area contributed by atoms with Crippen LogP contribution in [-0.4, -0.2) is 0 Å². The first kappa shape index (κ1) is 6.60. The molecule has 0 aliphatic heterocycles. The largest absolute Gasteiger partial charge is 0.389 e. The van der Waals surface area contributed by atoms with E-state index in [0.717, 1.165) is 11.3 Å². The number of nitrogens with zero attached hydrogens (tertiary/aromatic N) is 2. The van der Waals surface area contributed by atoms with Gasteiger partial charge in [-0.15, -0.1) is 11.3 Å². The predicted molar refractivity (Wildman–Crippen MR) is 38.2 cm³/mol. The Bertz CT molecular complexity index is 326. The van der Waals surface area contributed by atoms with Crippen LogP contribution in [0.5, 0.6) is 0 Å². The number of rotatable bonds is 0. The fourth-order valence-electron chi connectivity index (χ4n) is 0.548. The summed E-state index contributed by atoms with van der Waals surface area (Å²) >= 11 is 1.13. The Morgan fingerprint density at radius 2 is 2.10 bits per heavy atom. The lowest BCUT2D eigenvalue weighted by Gasteiger charge is -1.77. The highest BCUT2D eigenvalue weighted by atomic mass is 32.1. The molecule has 48 valence electrons. The van der Waals surface area contributed by atoms with Crippen LogP contribution in [0.1, 0.15) is 10.4 Å². The zero-order chi connectivity index (χ0) is 7.56. The van der Waals surface area contributed by atoms with Gasteiger partial charge in [-0.3, -0.25) is 0 Å². The molecule has 1 rings (SSSR count). The number of nitrogens with two attached hydrogens (primary N) is 1. The molecule has 0 fully saturated rings. The predicted octanol–water partition coefficient (Wildman–Crippen LogP) is 1.07. The third kappa shape index (κ3) is 0.928. The quantitative estimate of drug-likeness (QED) is 0.599. The lowest BCUT2D eigenvalue weighted by atomic mass is 10.3. The van der Waals surface area contributed by atoms with Crippen LogP contribution in [-0.2, 0) is 0 Å².